The van der Waals surface area contributed by atoms with E-state index >= 15 is 0 Å². The summed E-state index contributed by atoms with van der Waals surface area (Å²) in [6.45, 7) is 0.161. The van der Waals surface area contributed by atoms with Gasteiger partial charge >= 0.3 is 6.18 Å². The first kappa shape index (κ1) is 25.9. The number of nitrogens with zero attached hydrogens (tertiary/aromatic N) is 2. The molecule has 0 aliphatic heterocycles. The molecule has 0 heterocycles. The fraction of sp³-hybridized carbons (Fsp3) is 0.579. The molecule has 1 aliphatic rings. The molecule has 0 aromatic heterocycles. The molecule has 1 aliphatic carbocycles. The molecule has 2 unspecified atom stereocenters. The highest BCUT2D eigenvalue weighted by Crippen LogP contribution is 2.30. The zero-order valence-corrected chi connectivity index (χ0v) is 19.9. The smallest absolute Gasteiger partial charge is 0.354 e. The molecule has 1 aromatic rings. The molecule has 164 valence electrons. The molecule has 2 N–H and O–H groups in total. The third-order valence-electron chi connectivity index (χ3n) is 4.64. The van der Waals surface area contributed by atoms with E-state index in [1.54, 1.807) is 20.2 Å². The van der Waals surface area contributed by atoms with Crippen LogP contribution in [-0.2, 0) is 17.5 Å². The summed E-state index contributed by atoms with van der Waals surface area (Å²) >= 11 is 1.83. The molecule has 1 amide bonds. The number of alkyl halides is 3. The van der Waals surface area contributed by atoms with Crippen LogP contribution in [0.4, 0.5) is 13.2 Å². The molecule has 2 atom stereocenters. The van der Waals surface area contributed by atoms with Crippen molar-refractivity contribution in [3.05, 3.63) is 35.4 Å². The third kappa shape index (κ3) is 8.61. The molecule has 0 spiro atoms. The van der Waals surface area contributed by atoms with Crippen LogP contribution in [-0.4, -0.2) is 55.0 Å². The molecule has 10 heteroatoms. The minimum absolute atomic E-state index is 0. The van der Waals surface area contributed by atoms with Gasteiger partial charge in [-0.2, -0.15) is 24.9 Å². The number of hydrogen-bond acceptors (Lipinski definition) is 3. The maximum Gasteiger partial charge on any atom is 0.416 e. The molecule has 2 rings (SSSR count). The molecule has 29 heavy (non-hydrogen) atoms. The topological polar surface area (TPSA) is 56.7 Å². The predicted octanol–water partition coefficient (Wildman–Crippen LogP) is 3.73. The van der Waals surface area contributed by atoms with Gasteiger partial charge in [-0.25, -0.2) is 4.99 Å². The molecule has 1 fully saturated rings. The molecule has 5 nitrogen and oxygen atoms in total. The van der Waals surface area contributed by atoms with Crippen molar-refractivity contribution in [2.75, 3.05) is 26.9 Å². The lowest BCUT2D eigenvalue weighted by Gasteiger charge is -2.19. The lowest BCUT2D eigenvalue weighted by atomic mass is 10.1. The maximum absolute atomic E-state index is 12.9. The molecular weight excluding hydrogens is 516 g/mol. The van der Waals surface area contributed by atoms with Crippen molar-refractivity contribution in [2.24, 2.45) is 4.99 Å². The van der Waals surface area contributed by atoms with Crippen molar-refractivity contribution >= 4 is 47.6 Å². The number of aliphatic imine (C=N–C) groups is 1. The van der Waals surface area contributed by atoms with E-state index in [0.717, 1.165) is 31.4 Å². The first-order valence-electron chi connectivity index (χ1n) is 9.13. The Morgan fingerprint density at radius 2 is 2.03 bits per heavy atom. The van der Waals surface area contributed by atoms with Gasteiger partial charge in [-0.05, 0) is 43.2 Å². The van der Waals surface area contributed by atoms with Gasteiger partial charge < -0.3 is 15.5 Å². The number of guanidine groups is 1. The summed E-state index contributed by atoms with van der Waals surface area (Å²) in [4.78, 5) is 17.7. The van der Waals surface area contributed by atoms with Crippen molar-refractivity contribution in [1.82, 2.24) is 15.5 Å². The summed E-state index contributed by atoms with van der Waals surface area (Å²) < 4.78 is 38.7. The van der Waals surface area contributed by atoms with Crippen LogP contribution in [0.25, 0.3) is 0 Å². The van der Waals surface area contributed by atoms with E-state index in [1.165, 1.54) is 11.0 Å². The first-order chi connectivity index (χ1) is 13.2. The number of nitrogens with one attached hydrogen (secondary N) is 2. The summed E-state index contributed by atoms with van der Waals surface area (Å²) in [5.41, 5.74) is -0.229. The van der Waals surface area contributed by atoms with Crippen LogP contribution in [0.2, 0.25) is 0 Å². The first-order valence-corrected chi connectivity index (χ1v) is 10.4. The van der Waals surface area contributed by atoms with Crippen molar-refractivity contribution < 1.29 is 18.0 Å². The fourth-order valence-corrected chi connectivity index (χ4v) is 3.76. The normalized spacial score (nSPS) is 19.4. The predicted molar refractivity (Wildman–Crippen MR) is 123 cm³/mol. The molecule has 0 saturated heterocycles. The SMILES string of the molecule is CSC1CCC(NC(=NCc2cccc(C(F)(F)F)c2)NCC(=O)N(C)C)C1.I. The zero-order valence-electron chi connectivity index (χ0n) is 16.8. The van der Waals surface area contributed by atoms with Gasteiger partial charge in [0.15, 0.2) is 5.96 Å². The van der Waals surface area contributed by atoms with Crippen LogP contribution < -0.4 is 10.6 Å². The fourth-order valence-electron chi connectivity index (χ4n) is 2.97. The molecule has 1 aromatic carbocycles. The van der Waals surface area contributed by atoms with Gasteiger partial charge in [0.25, 0.3) is 0 Å². The largest absolute Gasteiger partial charge is 0.416 e. The quantitative estimate of drug-likeness (QED) is 0.326. The number of halogens is 4. The third-order valence-corrected chi connectivity index (χ3v) is 5.73. The standard InChI is InChI=1S/C19H27F3N4OS.HI/c1-26(2)17(27)12-24-18(25-15-7-8-16(10-15)28-3)23-11-13-5-4-6-14(9-13)19(20,21)22;/h4-6,9,15-16H,7-8,10-12H2,1-3H3,(H2,23,24,25);1H. The van der Waals surface area contributed by atoms with Crippen molar-refractivity contribution in [3.63, 3.8) is 0 Å². The zero-order chi connectivity index (χ0) is 20.7. The minimum Gasteiger partial charge on any atom is -0.354 e. The highest BCUT2D eigenvalue weighted by molar-refractivity contribution is 14.0. The maximum atomic E-state index is 12.9. The number of rotatable bonds is 6. The monoisotopic (exact) mass is 544 g/mol. The van der Waals surface area contributed by atoms with E-state index in [1.807, 2.05) is 11.8 Å². The summed E-state index contributed by atoms with van der Waals surface area (Å²) in [6.07, 6.45) is 0.804. The second-order valence-corrected chi connectivity index (χ2v) is 8.15. The van der Waals surface area contributed by atoms with Gasteiger partial charge in [0.05, 0.1) is 18.7 Å². The van der Waals surface area contributed by atoms with Gasteiger partial charge in [-0.3, -0.25) is 4.79 Å². The van der Waals surface area contributed by atoms with Crippen LogP contribution in [0.1, 0.15) is 30.4 Å². The minimum atomic E-state index is -4.38. The average molecular weight is 544 g/mol. The molecule has 0 bridgehead atoms. The summed E-state index contributed by atoms with van der Waals surface area (Å²) in [5.74, 6) is 0.335. The van der Waals surface area contributed by atoms with Crippen LogP contribution in [0.15, 0.2) is 29.3 Å². The Labute approximate surface area is 191 Å². The van der Waals surface area contributed by atoms with E-state index in [0.29, 0.717) is 16.8 Å². The number of carbonyl (C=O) groups excluding carboxylic acids is 1. The lowest BCUT2D eigenvalue weighted by molar-refractivity contribution is -0.137. The van der Waals surface area contributed by atoms with E-state index in [2.05, 4.69) is 21.9 Å². The summed E-state index contributed by atoms with van der Waals surface area (Å²) in [5, 5.41) is 6.91. The van der Waals surface area contributed by atoms with E-state index < -0.39 is 11.7 Å². The van der Waals surface area contributed by atoms with Gasteiger partial charge in [-0.15, -0.1) is 24.0 Å². The second kappa shape index (κ2) is 11.9. The van der Waals surface area contributed by atoms with Gasteiger partial charge in [0.2, 0.25) is 5.91 Å². The van der Waals surface area contributed by atoms with Gasteiger partial charge in [0.1, 0.15) is 0 Å². The number of carbonyl (C=O) groups is 1. The Morgan fingerprint density at radius 3 is 2.62 bits per heavy atom. The Balaban J connectivity index is 0.00000420. The molecule has 0 radical (unpaired) electrons. The van der Waals surface area contributed by atoms with E-state index in [-0.39, 0.29) is 49.0 Å². The number of amides is 1. The lowest BCUT2D eigenvalue weighted by Crippen LogP contribution is -2.46. The summed E-state index contributed by atoms with van der Waals surface area (Å²) in [7, 11) is 3.33. The number of benzene rings is 1. The number of thioether (sulfide) groups is 1. The number of hydrogen-bond donors (Lipinski definition) is 2. The average Bonchev–Trinajstić information content (AvgIpc) is 3.10. The summed E-state index contributed by atoms with van der Waals surface area (Å²) in [6, 6.07) is 5.37. The Bertz CT molecular complexity index is 700. The Morgan fingerprint density at radius 1 is 1.31 bits per heavy atom. The van der Waals surface area contributed by atoms with Crippen LogP contribution >= 0.6 is 35.7 Å². The van der Waals surface area contributed by atoms with Crippen molar-refractivity contribution in [2.45, 2.75) is 43.3 Å². The highest BCUT2D eigenvalue weighted by Gasteiger charge is 2.30. The molecule has 1 saturated carbocycles. The number of likely N-dealkylation sites (N-methyl/N-ethyl adjacent to an activating group) is 1. The molecular formula is C19H28F3IN4OS. The van der Waals surface area contributed by atoms with Crippen LogP contribution in [0, 0.1) is 0 Å². The van der Waals surface area contributed by atoms with Gasteiger partial charge in [-0.1, -0.05) is 12.1 Å². The second-order valence-electron chi connectivity index (χ2n) is 7.02. The Kier molecular flexibility index (Phi) is 10.6. The Hall–Kier alpha value is -1.17. The van der Waals surface area contributed by atoms with E-state index in [9.17, 15) is 18.0 Å². The van der Waals surface area contributed by atoms with Crippen molar-refractivity contribution in [3.8, 4) is 0 Å². The van der Waals surface area contributed by atoms with E-state index in [4.69, 9.17) is 0 Å². The van der Waals surface area contributed by atoms with Crippen LogP contribution in [0.3, 0.4) is 0 Å². The van der Waals surface area contributed by atoms with Gasteiger partial charge in [0, 0.05) is 25.4 Å². The highest BCUT2D eigenvalue weighted by atomic mass is 127. The van der Waals surface area contributed by atoms with Crippen molar-refractivity contribution in [1.29, 1.82) is 0 Å². The van der Waals surface area contributed by atoms with Crippen LogP contribution in [0.5, 0.6) is 0 Å².